The molecule has 5 N–H and O–H groups in total. The van der Waals surface area contributed by atoms with Crippen LogP contribution in [-0.2, 0) is 4.79 Å². The molecule has 1 aromatic heterocycles. The number of hydrazine groups is 1. The standard InChI is InChI=1S/C15H16FN5O2S/c1-2-21(10-5-3-9(16)4-6-10)20-15(23)12-7-11(14(18)24-12)13(17)19-8-22/h3-8H,2,18H2,1H3,(H,20,23)(H2,17,19,22). The van der Waals surface area contributed by atoms with Crippen LogP contribution in [0.5, 0.6) is 0 Å². The Morgan fingerprint density at radius 3 is 2.67 bits per heavy atom. The number of carbonyl (C=O) groups is 2. The zero-order valence-electron chi connectivity index (χ0n) is 12.8. The van der Waals surface area contributed by atoms with Crippen LogP contribution in [0.25, 0.3) is 0 Å². The average molecular weight is 349 g/mol. The molecule has 1 heterocycles. The van der Waals surface area contributed by atoms with E-state index in [1.807, 2.05) is 6.92 Å². The van der Waals surface area contributed by atoms with Gasteiger partial charge in [0.2, 0.25) is 6.41 Å². The molecule has 0 unspecified atom stereocenters. The highest BCUT2D eigenvalue weighted by atomic mass is 32.1. The van der Waals surface area contributed by atoms with Gasteiger partial charge in [-0.25, -0.2) is 4.39 Å². The Balaban J connectivity index is 2.19. The number of nitrogens with one attached hydrogen (secondary N) is 1. The number of amidine groups is 1. The number of amides is 2. The normalized spacial score (nSPS) is 11.2. The summed E-state index contributed by atoms with van der Waals surface area (Å²) < 4.78 is 13.0. The molecule has 9 heteroatoms. The van der Waals surface area contributed by atoms with E-state index in [0.29, 0.717) is 29.1 Å². The van der Waals surface area contributed by atoms with Gasteiger partial charge in [0.15, 0.2) is 0 Å². The van der Waals surface area contributed by atoms with Gasteiger partial charge in [0, 0.05) is 6.54 Å². The minimum atomic E-state index is -0.400. The highest BCUT2D eigenvalue weighted by Gasteiger charge is 2.17. The number of halogens is 1. The molecule has 0 spiro atoms. The van der Waals surface area contributed by atoms with Crippen molar-refractivity contribution >= 4 is 40.2 Å². The van der Waals surface area contributed by atoms with Gasteiger partial charge in [-0.05, 0) is 37.3 Å². The molecule has 24 heavy (non-hydrogen) atoms. The number of nitrogens with two attached hydrogens (primary N) is 2. The molecule has 0 radical (unpaired) electrons. The first kappa shape index (κ1) is 17.4. The molecule has 0 atom stereocenters. The van der Waals surface area contributed by atoms with E-state index in [1.54, 1.807) is 17.1 Å². The quantitative estimate of drug-likeness (QED) is 0.316. The fourth-order valence-corrected chi connectivity index (χ4v) is 2.79. The van der Waals surface area contributed by atoms with Gasteiger partial charge in [-0.2, -0.15) is 4.99 Å². The smallest absolute Gasteiger partial charge is 0.279 e. The molecule has 2 rings (SSSR count). The lowest BCUT2D eigenvalue weighted by atomic mass is 10.2. The van der Waals surface area contributed by atoms with Crippen molar-refractivity contribution in [3.8, 4) is 0 Å². The molecule has 0 saturated heterocycles. The van der Waals surface area contributed by atoms with Crippen LogP contribution in [0.1, 0.15) is 22.2 Å². The molecule has 126 valence electrons. The monoisotopic (exact) mass is 349 g/mol. The van der Waals surface area contributed by atoms with E-state index >= 15 is 0 Å². The van der Waals surface area contributed by atoms with Gasteiger partial charge in [-0.15, -0.1) is 11.3 Å². The zero-order chi connectivity index (χ0) is 17.7. The fourth-order valence-electron chi connectivity index (χ4n) is 1.97. The average Bonchev–Trinajstić information content (AvgIpc) is 2.95. The predicted molar refractivity (Wildman–Crippen MR) is 92.4 cm³/mol. The fraction of sp³-hybridized carbons (Fsp3) is 0.133. The molecule has 0 aliphatic rings. The van der Waals surface area contributed by atoms with Crippen LogP contribution in [0.3, 0.4) is 0 Å². The predicted octanol–water partition coefficient (Wildman–Crippen LogP) is 1.50. The topological polar surface area (TPSA) is 114 Å². The molecule has 1 aromatic carbocycles. The van der Waals surface area contributed by atoms with Crippen molar-refractivity contribution in [2.24, 2.45) is 10.7 Å². The van der Waals surface area contributed by atoms with Crippen LogP contribution in [0.15, 0.2) is 35.3 Å². The second-order valence-corrected chi connectivity index (χ2v) is 5.75. The molecule has 0 aliphatic heterocycles. The van der Waals surface area contributed by atoms with Crippen LogP contribution in [0, 0.1) is 5.82 Å². The van der Waals surface area contributed by atoms with Crippen molar-refractivity contribution in [1.29, 1.82) is 0 Å². The summed E-state index contributed by atoms with van der Waals surface area (Å²) in [6.45, 7) is 2.31. The van der Waals surface area contributed by atoms with Crippen molar-refractivity contribution in [2.75, 3.05) is 17.3 Å². The van der Waals surface area contributed by atoms with Gasteiger partial charge < -0.3 is 11.5 Å². The first-order valence-corrected chi connectivity index (χ1v) is 7.78. The zero-order valence-corrected chi connectivity index (χ0v) is 13.6. The molecule has 0 bridgehead atoms. The number of hydrogen-bond donors (Lipinski definition) is 3. The van der Waals surface area contributed by atoms with Crippen molar-refractivity contribution in [3.63, 3.8) is 0 Å². The number of aliphatic imine (C=N–C) groups is 1. The van der Waals surface area contributed by atoms with Crippen molar-refractivity contribution < 1.29 is 14.0 Å². The van der Waals surface area contributed by atoms with Crippen LogP contribution in [0.4, 0.5) is 15.1 Å². The van der Waals surface area contributed by atoms with Gasteiger partial charge in [-0.1, -0.05) is 0 Å². The van der Waals surface area contributed by atoms with Crippen LogP contribution in [0.2, 0.25) is 0 Å². The van der Waals surface area contributed by atoms with E-state index in [9.17, 15) is 14.0 Å². The number of nitrogens with zero attached hydrogens (tertiary/aromatic N) is 2. The maximum atomic E-state index is 13.0. The molecular weight excluding hydrogens is 333 g/mol. The lowest BCUT2D eigenvalue weighted by Gasteiger charge is -2.23. The van der Waals surface area contributed by atoms with E-state index in [-0.39, 0.29) is 16.7 Å². The SMILES string of the molecule is CCN(NC(=O)c1cc(C(N)=NC=O)c(N)s1)c1ccc(F)cc1. The summed E-state index contributed by atoms with van der Waals surface area (Å²) in [5, 5.41) is 1.85. The number of rotatable bonds is 6. The molecule has 7 nitrogen and oxygen atoms in total. The number of hydrogen-bond acceptors (Lipinski definition) is 5. The first-order chi connectivity index (χ1) is 11.5. The van der Waals surface area contributed by atoms with E-state index in [2.05, 4.69) is 10.4 Å². The number of anilines is 2. The third kappa shape index (κ3) is 3.87. The number of nitrogen functional groups attached to an aromatic ring is 1. The lowest BCUT2D eigenvalue weighted by Crippen LogP contribution is -2.42. The van der Waals surface area contributed by atoms with Crippen LogP contribution in [-0.4, -0.2) is 24.7 Å². The van der Waals surface area contributed by atoms with Crippen molar-refractivity contribution in [3.05, 3.63) is 46.6 Å². The Kier molecular flexibility index (Phi) is 5.48. The highest BCUT2D eigenvalue weighted by Crippen LogP contribution is 2.25. The second-order valence-electron chi connectivity index (χ2n) is 4.67. The van der Waals surface area contributed by atoms with Gasteiger partial charge in [0.25, 0.3) is 5.91 Å². The third-order valence-electron chi connectivity index (χ3n) is 3.14. The molecule has 2 aromatic rings. The van der Waals surface area contributed by atoms with Crippen molar-refractivity contribution in [2.45, 2.75) is 6.92 Å². The minimum absolute atomic E-state index is 0.0521. The molecule has 0 saturated carbocycles. The Morgan fingerprint density at radius 1 is 1.42 bits per heavy atom. The summed E-state index contributed by atoms with van der Waals surface area (Å²) in [6.07, 6.45) is 0.305. The van der Waals surface area contributed by atoms with Gasteiger partial charge in [0.1, 0.15) is 11.7 Å². The van der Waals surface area contributed by atoms with Gasteiger partial charge >= 0.3 is 0 Å². The van der Waals surface area contributed by atoms with Crippen molar-refractivity contribution in [1.82, 2.24) is 5.43 Å². The maximum absolute atomic E-state index is 13.0. The molecular formula is C15H16FN5O2S. The Hall–Kier alpha value is -2.94. The number of benzene rings is 1. The van der Waals surface area contributed by atoms with Gasteiger partial charge in [0.05, 0.1) is 21.1 Å². The molecule has 0 aliphatic carbocycles. The van der Waals surface area contributed by atoms with E-state index in [0.717, 1.165) is 11.3 Å². The maximum Gasteiger partial charge on any atom is 0.279 e. The summed E-state index contributed by atoms with van der Waals surface area (Å²) in [4.78, 5) is 26.5. The Bertz CT molecular complexity index is 773. The van der Waals surface area contributed by atoms with E-state index < -0.39 is 5.91 Å². The minimum Gasteiger partial charge on any atom is -0.390 e. The number of carbonyl (C=O) groups excluding carboxylic acids is 2. The summed E-state index contributed by atoms with van der Waals surface area (Å²) in [5.74, 6) is -0.812. The van der Waals surface area contributed by atoms with E-state index in [1.165, 1.54) is 18.2 Å². The third-order valence-corrected chi connectivity index (χ3v) is 4.11. The summed E-state index contributed by atoms with van der Waals surface area (Å²) >= 11 is 1.03. The summed E-state index contributed by atoms with van der Waals surface area (Å²) in [7, 11) is 0. The summed E-state index contributed by atoms with van der Waals surface area (Å²) in [5.41, 5.74) is 15.1. The lowest BCUT2D eigenvalue weighted by molar-refractivity contribution is -0.106. The highest BCUT2D eigenvalue weighted by molar-refractivity contribution is 7.18. The first-order valence-electron chi connectivity index (χ1n) is 6.97. The second kappa shape index (κ2) is 7.55. The van der Waals surface area contributed by atoms with Crippen LogP contribution < -0.4 is 21.9 Å². The van der Waals surface area contributed by atoms with Crippen LogP contribution >= 0.6 is 11.3 Å². The Morgan fingerprint density at radius 2 is 2.08 bits per heavy atom. The largest absolute Gasteiger partial charge is 0.390 e. The Labute approximate surface area is 141 Å². The van der Waals surface area contributed by atoms with E-state index in [4.69, 9.17) is 11.5 Å². The van der Waals surface area contributed by atoms with Gasteiger partial charge in [-0.3, -0.25) is 20.0 Å². The molecule has 2 amide bonds. The summed E-state index contributed by atoms with van der Waals surface area (Å²) in [6, 6.07) is 7.20. The molecule has 0 fully saturated rings. The number of thiophene rings is 1.